The van der Waals surface area contributed by atoms with Gasteiger partial charge in [0.25, 0.3) is 5.91 Å². The summed E-state index contributed by atoms with van der Waals surface area (Å²) in [5.74, 6) is -0.169. The van der Waals surface area contributed by atoms with Gasteiger partial charge in [-0.3, -0.25) is 4.79 Å². The van der Waals surface area contributed by atoms with E-state index >= 15 is 0 Å². The maximum atomic E-state index is 12.7. The molecule has 0 heterocycles. The zero-order valence-corrected chi connectivity index (χ0v) is 19.7. The van der Waals surface area contributed by atoms with E-state index in [9.17, 15) is 13.2 Å². The number of benzene rings is 3. The van der Waals surface area contributed by atoms with Crippen molar-refractivity contribution in [2.45, 2.75) is 17.9 Å². The first-order chi connectivity index (χ1) is 14.8. The molecule has 0 aliphatic rings. The fraction of sp³-hybridized carbons (Fsp3) is 0.136. The second kappa shape index (κ2) is 10.3. The number of anilines is 1. The average Bonchev–Trinajstić information content (AvgIpc) is 2.75. The Kier molecular flexibility index (Phi) is 7.72. The van der Waals surface area contributed by atoms with Crippen molar-refractivity contribution in [3.8, 4) is 5.75 Å². The van der Waals surface area contributed by atoms with Crippen molar-refractivity contribution in [1.82, 2.24) is 4.72 Å². The lowest BCUT2D eigenvalue weighted by atomic mass is 10.1. The Morgan fingerprint density at radius 3 is 2.42 bits per heavy atom. The summed E-state index contributed by atoms with van der Waals surface area (Å²) in [7, 11) is -3.80. The Balaban J connectivity index is 1.64. The maximum Gasteiger partial charge on any atom is 0.262 e. The van der Waals surface area contributed by atoms with E-state index in [2.05, 4.69) is 26.0 Å². The quantitative estimate of drug-likeness (QED) is 0.427. The van der Waals surface area contributed by atoms with Crippen LogP contribution in [0.25, 0.3) is 0 Å². The van der Waals surface area contributed by atoms with Gasteiger partial charge in [0.05, 0.1) is 15.6 Å². The van der Waals surface area contributed by atoms with E-state index < -0.39 is 16.1 Å². The van der Waals surface area contributed by atoms with Crippen LogP contribution in [-0.2, 0) is 14.8 Å². The Hall–Kier alpha value is -2.39. The molecule has 0 spiro atoms. The van der Waals surface area contributed by atoms with E-state index in [0.29, 0.717) is 5.69 Å². The highest BCUT2D eigenvalue weighted by Crippen LogP contribution is 2.28. The van der Waals surface area contributed by atoms with Crippen LogP contribution in [0.1, 0.15) is 18.5 Å². The number of para-hydroxylation sites is 1. The lowest BCUT2D eigenvalue weighted by Crippen LogP contribution is -2.27. The van der Waals surface area contributed by atoms with Crippen molar-refractivity contribution in [2.75, 3.05) is 11.9 Å². The van der Waals surface area contributed by atoms with Gasteiger partial charge in [-0.15, -0.1) is 0 Å². The number of amides is 1. The van der Waals surface area contributed by atoms with Gasteiger partial charge in [0.15, 0.2) is 6.61 Å². The Labute approximate surface area is 194 Å². The minimum Gasteiger partial charge on any atom is -0.482 e. The van der Waals surface area contributed by atoms with Gasteiger partial charge in [-0.05, 0) is 58.7 Å². The number of rotatable bonds is 8. The van der Waals surface area contributed by atoms with Crippen LogP contribution in [-0.4, -0.2) is 20.9 Å². The predicted octanol–water partition coefficient (Wildman–Crippen LogP) is 5.16. The number of sulfonamides is 1. The first-order valence-electron chi connectivity index (χ1n) is 9.30. The smallest absolute Gasteiger partial charge is 0.262 e. The van der Waals surface area contributed by atoms with Gasteiger partial charge in [0.2, 0.25) is 10.0 Å². The molecule has 0 fully saturated rings. The Morgan fingerprint density at radius 1 is 1.06 bits per heavy atom. The highest BCUT2D eigenvalue weighted by atomic mass is 79.9. The summed E-state index contributed by atoms with van der Waals surface area (Å²) in [5, 5.41) is 2.80. The molecule has 31 heavy (non-hydrogen) atoms. The van der Waals surface area contributed by atoms with Crippen LogP contribution in [0.3, 0.4) is 0 Å². The van der Waals surface area contributed by atoms with Crippen molar-refractivity contribution < 1.29 is 17.9 Å². The molecule has 3 aromatic carbocycles. The van der Waals surface area contributed by atoms with Gasteiger partial charge in [-0.25, -0.2) is 13.1 Å². The van der Waals surface area contributed by atoms with Crippen LogP contribution in [0, 0.1) is 0 Å². The van der Waals surface area contributed by atoms with Gasteiger partial charge in [0, 0.05) is 10.5 Å². The summed E-state index contributed by atoms with van der Waals surface area (Å²) < 4.78 is 34.2. The summed E-state index contributed by atoms with van der Waals surface area (Å²) in [6.07, 6.45) is 0. The number of ether oxygens (including phenoxy) is 1. The summed E-state index contributed by atoms with van der Waals surface area (Å²) in [6, 6.07) is 20.1. The number of nitrogens with one attached hydrogen (secondary N) is 2. The largest absolute Gasteiger partial charge is 0.482 e. The first-order valence-corrected chi connectivity index (χ1v) is 12.0. The lowest BCUT2D eigenvalue weighted by molar-refractivity contribution is -0.118. The van der Waals surface area contributed by atoms with Gasteiger partial charge in [-0.1, -0.05) is 54.1 Å². The van der Waals surface area contributed by atoms with E-state index in [0.717, 1.165) is 10.0 Å². The van der Waals surface area contributed by atoms with Crippen LogP contribution in [0.15, 0.2) is 82.2 Å². The normalized spacial score (nSPS) is 12.2. The molecule has 2 N–H and O–H groups in total. The van der Waals surface area contributed by atoms with Crippen LogP contribution < -0.4 is 14.8 Å². The van der Waals surface area contributed by atoms with Gasteiger partial charge in [0.1, 0.15) is 5.75 Å². The molecular formula is C22H20BrClN2O4S. The molecule has 0 aliphatic heterocycles. The number of carbonyl (C=O) groups excluding carboxylic acids is 1. The molecular weight excluding hydrogens is 504 g/mol. The monoisotopic (exact) mass is 522 g/mol. The molecule has 1 atom stereocenters. The molecule has 0 bridgehead atoms. The third-order valence-corrected chi connectivity index (χ3v) is 6.88. The van der Waals surface area contributed by atoms with E-state index in [4.69, 9.17) is 16.3 Å². The average molecular weight is 524 g/mol. The van der Waals surface area contributed by atoms with Gasteiger partial charge >= 0.3 is 0 Å². The predicted molar refractivity (Wildman–Crippen MR) is 125 cm³/mol. The molecule has 0 saturated heterocycles. The molecule has 0 aliphatic carbocycles. The lowest BCUT2D eigenvalue weighted by Gasteiger charge is -2.15. The van der Waals surface area contributed by atoms with E-state index in [1.54, 1.807) is 25.1 Å². The standard InChI is InChI=1S/C22H20BrClN2O4S/c1-15(16-7-3-2-4-8-16)26-31(28,29)17-11-12-21(19(24)13-17)30-14-22(27)25-20-10-6-5-9-18(20)23/h2-13,15,26H,14H2,1H3,(H,25,27)/t15-/m0/s1. The topological polar surface area (TPSA) is 84.5 Å². The molecule has 0 radical (unpaired) electrons. The molecule has 162 valence electrons. The van der Waals surface area contributed by atoms with E-state index in [1.165, 1.54) is 18.2 Å². The van der Waals surface area contributed by atoms with Crippen molar-refractivity contribution in [3.63, 3.8) is 0 Å². The molecule has 0 saturated carbocycles. The molecule has 9 heteroatoms. The third-order valence-electron chi connectivity index (χ3n) is 4.35. The highest BCUT2D eigenvalue weighted by molar-refractivity contribution is 9.10. The highest BCUT2D eigenvalue weighted by Gasteiger charge is 2.20. The fourth-order valence-electron chi connectivity index (χ4n) is 2.77. The van der Waals surface area contributed by atoms with Crippen molar-refractivity contribution in [1.29, 1.82) is 0 Å². The van der Waals surface area contributed by atoms with Crippen molar-refractivity contribution >= 4 is 49.1 Å². The Bertz CT molecular complexity index is 1170. The second-order valence-electron chi connectivity index (χ2n) is 6.66. The summed E-state index contributed by atoms with van der Waals surface area (Å²) in [6.45, 7) is 1.48. The van der Waals surface area contributed by atoms with E-state index in [1.807, 2.05) is 36.4 Å². The SMILES string of the molecule is C[C@H](NS(=O)(=O)c1ccc(OCC(=O)Nc2ccccc2Br)c(Cl)c1)c1ccccc1. The summed E-state index contributed by atoms with van der Waals surface area (Å²) >= 11 is 9.55. The fourth-order valence-corrected chi connectivity index (χ4v) is 4.71. The van der Waals surface area contributed by atoms with Gasteiger partial charge in [-0.2, -0.15) is 0 Å². The first kappa shape index (κ1) is 23.3. The van der Waals surface area contributed by atoms with Crippen molar-refractivity contribution in [3.05, 3.63) is 87.9 Å². The number of carbonyl (C=O) groups is 1. The number of halogens is 2. The number of hydrogen-bond acceptors (Lipinski definition) is 4. The van der Waals surface area contributed by atoms with E-state index in [-0.39, 0.29) is 28.2 Å². The second-order valence-corrected chi connectivity index (χ2v) is 9.64. The van der Waals surface area contributed by atoms with Crippen LogP contribution >= 0.6 is 27.5 Å². The molecule has 1 amide bonds. The van der Waals surface area contributed by atoms with Crippen LogP contribution in [0.2, 0.25) is 5.02 Å². The minimum absolute atomic E-state index is 0.00491. The molecule has 0 aromatic heterocycles. The van der Waals surface area contributed by atoms with Gasteiger partial charge < -0.3 is 10.1 Å². The Morgan fingerprint density at radius 2 is 1.74 bits per heavy atom. The minimum atomic E-state index is -3.80. The maximum absolute atomic E-state index is 12.7. The molecule has 6 nitrogen and oxygen atoms in total. The zero-order chi connectivity index (χ0) is 22.4. The summed E-state index contributed by atoms with van der Waals surface area (Å²) in [4.78, 5) is 12.1. The third kappa shape index (κ3) is 6.30. The van der Waals surface area contributed by atoms with Crippen LogP contribution in [0.4, 0.5) is 5.69 Å². The number of hydrogen-bond donors (Lipinski definition) is 2. The van der Waals surface area contributed by atoms with Crippen LogP contribution in [0.5, 0.6) is 5.75 Å². The summed E-state index contributed by atoms with van der Waals surface area (Å²) in [5.41, 5.74) is 1.45. The zero-order valence-electron chi connectivity index (χ0n) is 16.5. The molecule has 3 rings (SSSR count). The molecule has 3 aromatic rings. The molecule has 0 unspecified atom stereocenters. The van der Waals surface area contributed by atoms with Crippen molar-refractivity contribution in [2.24, 2.45) is 0 Å².